The Morgan fingerprint density at radius 2 is 1.96 bits per heavy atom. The van der Waals surface area contributed by atoms with Gasteiger partial charge in [0, 0.05) is 18.2 Å². The Labute approximate surface area is 170 Å². The fourth-order valence-corrected chi connectivity index (χ4v) is 2.02. The molecule has 138 valence electrons. The Morgan fingerprint density at radius 3 is 2.52 bits per heavy atom. The second-order valence-corrected chi connectivity index (χ2v) is 6.79. The van der Waals surface area contributed by atoms with Crippen molar-refractivity contribution in [1.82, 2.24) is 20.6 Å². The highest BCUT2D eigenvalue weighted by Crippen LogP contribution is 2.22. The normalized spacial score (nSPS) is 11.8. The van der Waals surface area contributed by atoms with Crippen molar-refractivity contribution in [3.63, 3.8) is 0 Å². The Bertz CT molecular complexity index is 679. The Balaban J connectivity index is 0.00000312. The van der Waals surface area contributed by atoms with E-state index in [4.69, 9.17) is 16.0 Å². The molecule has 25 heavy (non-hydrogen) atoms. The number of oxazole rings is 1. The molecule has 2 rings (SSSR count). The first-order valence-electron chi connectivity index (χ1n) is 7.96. The van der Waals surface area contributed by atoms with Gasteiger partial charge in [0.05, 0.1) is 19.3 Å². The topological polar surface area (TPSA) is 75.3 Å². The molecular weight excluding hydrogens is 453 g/mol. The summed E-state index contributed by atoms with van der Waals surface area (Å²) in [6.45, 7) is 10.1. The van der Waals surface area contributed by atoms with Crippen LogP contribution in [0.3, 0.4) is 0 Å². The van der Waals surface area contributed by atoms with Gasteiger partial charge in [-0.3, -0.25) is 0 Å². The average Bonchev–Trinajstić information content (AvgIpc) is 3.01. The van der Waals surface area contributed by atoms with Crippen molar-refractivity contribution in [2.24, 2.45) is 4.99 Å². The van der Waals surface area contributed by atoms with Crippen LogP contribution in [0.1, 0.15) is 44.9 Å². The zero-order chi connectivity index (χ0) is 17.6. The van der Waals surface area contributed by atoms with Crippen LogP contribution >= 0.6 is 35.6 Å². The fraction of sp³-hybridized carbons (Fsp3) is 0.471. The van der Waals surface area contributed by atoms with Gasteiger partial charge in [-0.25, -0.2) is 15.0 Å². The zero-order valence-corrected chi connectivity index (χ0v) is 18.1. The van der Waals surface area contributed by atoms with E-state index in [-0.39, 0.29) is 29.4 Å². The Hall–Kier alpha value is -1.35. The molecule has 0 radical (unpaired) electrons. The van der Waals surface area contributed by atoms with Crippen LogP contribution in [0.5, 0.6) is 0 Å². The predicted octanol–water partition coefficient (Wildman–Crippen LogP) is 3.89. The molecule has 0 amide bonds. The van der Waals surface area contributed by atoms with Gasteiger partial charge in [0.1, 0.15) is 10.9 Å². The maximum Gasteiger partial charge on any atom is 0.213 e. The molecule has 2 aromatic rings. The lowest BCUT2D eigenvalue weighted by atomic mass is 9.94. The smallest absolute Gasteiger partial charge is 0.213 e. The molecule has 6 nitrogen and oxygen atoms in total. The van der Waals surface area contributed by atoms with Crippen molar-refractivity contribution in [3.8, 4) is 0 Å². The van der Waals surface area contributed by atoms with Crippen LogP contribution in [0.2, 0.25) is 5.15 Å². The van der Waals surface area contributed by atoms with Crippen molar-refractivity contribution in [2.45, 2.75) is 46.2 Å². The van der Waals surface area contributed by atoms with Crippen LogP contribution in [0, 0.1) is 0 Å². The summed E-state index contributed by atoms with van der Waals surface area (Å²) in [5, 5.41) is 6.89. The first kappa shape index (κ1) is 21.7. The van der Waals surface area contributed by atoms with Crippen LogP contribution in [0.4, 0.5) is 0 Å². The molecule has 0 spiro atoms. The molecule has 0 atom stereocenters. The number of rotatable bonds is 5. The molecule has 0 aliphatic carbocycles. The molecule has 2 N–H and O–H groups in total. The van der Waals surface area contributed by atoms with Gasteiger partial charge in [-0.05, 0) is 18.6 Å². The van der Waals surface area contributed by atoms with Gasteiger partial charge in [-0.2, -0.15) is 0 Å². The number of nitrogens with zero attached hydrogens (tertiary/aromatic N) is 3. The van der Waals surface area contributed by atoms with Crippen molar-refractivity contribution >= 4 is 41.5 Å². The molecule has 0 aliphatic heterocycles. The molecule has 0 aromatic carbocycles. The number of guanidine groups is 1. The van der Waals surface area contributed by atoms with Gasteiger partial charge >= 0.3 is 0 Å². The molecule has 0 saturated carbocycles. The highest BCUT2D eigenvalue weighted by atomic mass is 127. The summed E-state index contributed by atoms with van der Waals surface area (Å²) in [5.41, 5.74) is 0.938. The van der Waals surface area contributed by atoms with E-state index in [0.717, 1.165) is 17.9 Å². The largest absolute Gasteiger partial charge is 0.443 e. The summed E-state index contributed by atoms with van der Waals surface area (Å²) in [6, 6.07) is 3.67. The number of nitrogens with one attached hydrogen (secondary N) is 2. The van der Waals surface area contributed by atoms with E-state index in [9.17, 15) is 0 Å². The summed E-state index contributed by atoms with van der Waals surface area (Å²) < 4.78 is 5.77. The molecule has 0 fully saturated rings. The molecule has 0 unspecified atom stereocenters. The van der Waals surface area contributed by atoms with E-state index in [1.165, 1.54) is 0 Å². The third-order valence-corrected chi connectivity index (χ3v) is 3.48. The number of hydrogen-bond donors (Lipinski definition) is 2. The lowest BCUT2D eigenvalue weighted by Gasteiger charge is -2.13. The number of halogens is 2. The van der Waals surface area contributed by atoms with Crippen molar-refractivity contribution in [1.29, 1.82) is 0 Å². The minimum atomic E-state index is -0.0502. The second kappa shape index (κ2) is 9.96. The fourth-order valence-electron chi connectivity index (χ4n) is 1.91. The lowest BCUT2D eigenvalue weighted by Crippen LogP contribution is -2.36. The maximum atomic E-state index is 5.79. The van der Waals surface area contributed by atoms with E-state index >= 15 is 0 Å². The maximum absolute atomic E-state index is 5.79. The highest BCUT2D eigenvalue weighted by molar-refractivity contribution is 14.0. The van der Waals surface area contributed by atoms with Crippen molar-refractivity contribution in [3.05, 3.63) is 46.9 Å². The van der Waals surface area contributed by atoms with E-state index in [1.807, 2.05) is 13.0 Å². The van der Waals surface area contributed by atoms with Crippen LogP contribution in [-0.2, 0) is 18.5 Å². The van der Waals surface area contributed by atoms with Gasteiger partial charge in [0.2, 0.25) is 5.89 Å². The van der Waals surface area contributed by atoms with Crippen LogP contribution in [0.15, 0.2) is 33.9 Å². The second-order valence-electron chi connectivity index (χ2n) is 6.41. The Morgan fingerprint density at radius 1 is 1.20 bits per heavy atom. The number of hydrogen-bond acceptors (Lipinski definition) is 4. The summed E-state index contributed by atoms with van der Waals surface area (Å²) in [7, 11) is 0. The molecular formula is C17H25ClIN5O. The standard InChI is InChI=1S/C17H24ClN5O.HI/c1-5-19-16(22-9-12-6-7-14(18)20-8-12)23-11-15-21-10-13(24-15)17(2,3)4;/h6-8,10H,5,9,11H2,1-4H3,(H2,19,22,23);1H. The van der Waals surface area contributed by atoms with Crippen LogP contribution in [0.25, 0.3) is 0 Å². The molecule has 0 bridgehead atoms. The van der Waals surface area contributed by atoms with E-state index in [1.54, 1.807) is 18.5 Å². The average molecular weight is 478 g/mol. The van der Waals surface area contributed by atoms with Gasteiger partial charge < -0.3 is 15.1 Å². The molecule has 2 aromatic heterocycles. The predicted molar refractivity (Wildman–Crippen MR) is 112 cm³/mol. The number of aromatic nitrogens is 2. The minimum Gasteiger partial charge on any atom is -0.443 e. The quantitative estimate of drug-likeness (QED) is 0.296. The van der Waals surface area contributed by atoms with Gasteiger partial charge in [-0.1, -0.05) is 38.4 Å². The van der Waals surface area contributed by atoms with Crippen molar-refractivity contribution < 1.29 is 4.42 Å². The zero-order valence-electron chi connectivity index (χ0n) is 15.0. The van der Waals surface area contributed by atoms with E-state index in [2.05, 4.69) is 46.4 Å². The molecule has 0 aliphatic rings. The number of aliphatic imine (C=N–C) groups is 1. The third-order valence-electron chi connectivity index (χ3n) is 3.25. The molecule has 8 heteroatoms. The molecule has 0 saturated heterocycles. The monoisotopic (exact) mass is 477 g/mol. The summed E-state index contributed by atoms with van der Waals surface area (Å²) in [5.74, 6) is 2.20. The van der Waals surface area contributed by atoms with Crippen molar-refractivity contribution in [2.75, 3.05) is 6.54 Å². The van der Waals surface area contributed by atoms with Crippen LogP contribution < -0.4 is 10.6 Å². The van der Waals surface area contributed by atoms with Gasteiger partial charge in [0.15, 0.2) is 5.96 Å². The number of pyridine rings is 1. The van der Waals surface area contributed by atoms with Gasteiger partial charge in [0.25, 0.3) is 0 Å². The van der Waals surface area contributed by atoms with Gasteiger partial charge in [-0.15, -0.1) is 24.0 Å². The third kappa shape index (κ3) is 7.19. The Kier molecular flexibility index (Phi) is 8.64. The summed E-state index contributed by atoms with van der Waals surface area (Å²) >= 11 is 5.79. The first-order valence-corrected chi connectivity index (χ1v) is 8.34. The summed E-state index contributed by atoms with van der Waals surface area (Å²) in [6.07, 6.45) is 3.50. The highest BCUT2D eigenvalue weighted by Gasteiger charge is 2.19. The SMILES string of the molecule is CCNC(=NCc1ccc(Cl)nc1)NCc1ncc(C(C)(C)C)o1.I. The first-order chi connectivity index (χ1) is 11.4. The molecule has 2 heterocycles. The minimum absolute atomic E-state index is 0. The van der Waals surface area contributed by atoms with Crippen LogP contribution in [-0.4, -0.2) is 22.5 Å². The van der Waals surface area contributed by atoms with E-state index < -0.39 is 0 Å². The van der Waals surface area contributed by atoms with E-state index in [0.29, 0.717) is 30.1 Å². The lowest BCUT2D eigenvalue weighted by molar-refractivity contribution is 0.379. The summed E-state index contributed by atoms with van der Waals surface area (Å²) in [4.78, 5) is 12.9.